The van der Waals surface area contributed by atoms with Crippen LogP contribution in [0.3, 0.4) is 0 Å². The van der Waals surface area contributed by atoms with Crippen molar-refractivity contribution in [3.63, 3.8) is 0 Å². The van der Waals surface area contributed by atoms with Gasteiger partial charge < -0.3 is 5.73 Å². The molecule has 0 fully saturated rings. The lowest BCUT2D eigenvalue weighted by atomic mass is 10.1. The molecular weight excluding hydrogens is 724 g/mol. The molecule has 0 unspecified atom stereocenters. The third-order valence-electron chi connectivity index (χ3n) is 7.20. The summed E-state index contributed by atoms with van der Waals surface area (Å²) >= 11 is 0. The van der Waals surface area contributed by atoms with E-state index in [0.717, 1.165) is 22.6 Å². The molecule has 0 aliphatic carbocycles. The summed E-state index contributed by atoms with van der Waals surface area (Å²) in [5.74, 6) is 0. The van der Waals surface area contributed by atoms with Crippen LogP contribution >= 0.6 is 10.7 Å². The maximum atomic E-state index is 11.8. The van der Waals surface area contributed by atoms with Gasteiger partial charge in [0, 0.05) is 71.6 Å². The van der Waals surface area contributed by atoms with E-state index in [9.17, 15) is 36.5 Å². The summed E-state index contributed by atoms with van der Waals surface area (Å²) in [6, 6.07) is 21.4. The first-order valence-electron chi connectivity index (χ1n) is 14.5. The van der Waals surface area contributed by atoms with Crippen molar-refractivity contribution in [2.45, 2.75) is 6.54 Å². The number of hydrogen-bond acceptors (Lipinski definition) is 12. The van der Waals surface area contributed by atoms with Gasteiger partial charge in [-0.1, -0.05) is 42.5 Å². The van der Waals surface area contributed by atoms with Gasteiger partial charge in [0.25, 0.3) is 9.24 Å². The summed E-state index contributed by atoms with van der Waals surface area (Å²) in [5.41, 5.74) is 9.66. The molecule has 0 radical (unpaired) electrons. The maximum Gasteiger partial charge on any atom is 0.305 e. The van der Waals surface area contributed by atoms with Crippen LogP contribution in [0.4, 0.5) is 17.1 Å². The van der Waals surface area contributed by atoms with Crippen molar-refractivity contribution in [1.82, 2.24) is 24.0 Å². The van der Waals surface area contributed by atoms with Crippen LogP contribution < -0.4 is 15.2 Å². The average Bonchev–Trinajstić information content (AvgIpc) is 3.12. The Bertz CT molecular complexity index is 2490. The summed E-state index contributed by atoms with van der Waals surface area (Å²) in [4.78, 5) is 43.7. The molecule has 1 aliphatic rings. The fourth-order valence-electron chi connectivity index (χ4n) is 4.68. The number of nitro benzene ring substituents is 1. The first kappa shape index (κ1) is 38.1. The number of nitrogens with zero attached hydrogens (tertiary/aromatic N) is 5. The van der Waals surface area contributed by atoms with E-state index in [1.54, 1.807) is 43.7 Å². The molecule has 0 bridgehead atoms. The predicted molar refractivity (Wildman–Crippen MR) is 195 cm³/mol. The molecule has 0 saturated heterocycles. The minimum Gasteiger partial charge on any atom is -0.396 e. The van der Waals surface area contributed by atoms with Crippen LogP contribution in [-0.4, -0.2) is 67.7 Å². The van der Waals surface area contributed by atoms with E-state index in [4.69, 9.17) is 5.73 Å². The lowest BCUT2D eigenvalue weighted by Gasteiger charge is -2.26. The molecule has 7 rings (SSSR count). The number of carbonyl (C=O) groups is 2. The molecule has 3 aromatic carbocycles. The number of pyridine rings is 3. The van der Waals surface area contributed by atoms with E-state index in [1.165, 1.54) is 23.6 Å². The summed E-state index contributed by atoms with van der Waals surface area (Å²) in [6.07, 6.45) is 5.99. The van der Waals surface area contributed by atoms with Crippen molar-refractivity contribution in [2.24, 2.45) is 0 Å². The van der Waals surface area contributed by atoms with Crippen LogP contribution in [0.25, 0.3) is 32.7 Å². The first-order chi connectivity index (χ1) is 24.2. The summed E-state index contributed by atoms with van der Waals surface area (Å²) < 4.78 is 48.5. The van der Waals surface area contributed by atoms with Crippen molar-refractivity contribution < 1.29 is 31.3 Å². The normalized spacial score (nSPS) is 13.2. The van der Waals surface area contributed by atoms with E-state index < -0.39 is 24.4 Å². The van der Waals surface area contributed by atoms with Gasteiger partial charge in [0.15, 0.2) is 12.6 Å². The molecule has 16 nitrogen and oxygen atoms in total. The SMILES string of the molecule is CN1Cc2ccc3cccnc3c2NS1(=O)=O.CNS(=O)(=O)Cl.Nc1c(C=O)ccc2cccnc12.O=Cc1ccc2cccnc2c1[N+](=O)[O-]. The van der Waals surface area contributed by atoms with Crippen molar-refractivity contribution in [1.29, 1.82) is 0 Å². The molecule has 0 saturated carbocycles. The third-order valence-corrected chi connectivity index (χ3v) is 9.56. The minimum absolute atomic E-state index is 0.0474. The van der Waals surface area contributed by atoms with Gasteiger partial charge in [-0.05, 0) is 35.9 Å². The van der Waals surface area contributed by atoms with Crippen LogP contribution in [0.1, 0.15) is 26.3 Å². The number of hydrogen-bond donors (Lipinski definition) is 3. The van der Waals surface area contributed by atoms with Crippen molar-refractivity contribution in [3.05, 3.63) is 118 Å². The fourth-order valence-corrected chi connectivity index (χ4v) is 5.63. The lowest BCUT2D eigenvalue weighted by Crippen LogP contribution is -2.36. The Morgan fingerprint density at radius 3 is 1.86 bits per heavy atom. The topological polar surface area (TPSA) is 238 Å². The Morgan fingerprint density at radius 2 is 1.33 bits per heavy atom. The number of halogens is 1. The molecular formula is C32H29ClN8O8S2. The highest BCUT2D eigenvalue weighted by Crippen LogP contribution is 2.31. The maximum absolute atomic E-state index is 11.8. The second kappa shape index (κ2) is 16.4. The van der Waals surface area contributed by atoms with Crippen LogP contribution in [0.15, 0.2) is 91.4 Å². The number of anilines is 2. The zero-order valence-corrected chi connectivity index (χ0v) is 29.2. The highest BCUT2D eigenvalue weighted by atomic mass is 35.7. The van der Waals surface area contributed by atoms with Crippen LogP contribution in [-0.2, 0) is 26.0 Å². The zero-order valence-electron chi connectivity index (χ0n) is 26.8. The number of nitrogens with two attached hydrogens (primary N) is 1. The monoisotopic (exact) mass is 752 g/mol. The van der Waals surface area contributed by atoms with Gasteiger partial charge in [0.2, 0.25) is 0 Å². The molecule has 19 heteroatoms. The number of benzene rings is 3. The molecule has 4 N–H and O–H groups in total. The molecule has 0 spiro atoms. The highest BCUT2D eigenvalue weighted by molar-refractivity contribution is 8.12. The van der Waals surface area contributed by atoms with Crippen LogP contribution in [0.5, 0.6) is 0 Å². The summed E-state index contributed by atoms with van der Waals surface area (Å²) in [6.45, 7) is 0.372. The predicted octanol–water partition coefficient (Wildman–Crippen LogP) is 4.61. The Hall–Kier alpha value is -5.66. The smallest absolute Gasteiger partial charge is 0.305 e. The standard InChI is InChI=1S/C11H11N3O2S.C10H6N2O3.C10H8N2O.CH4ClNO2S/c1-14-7-9-5-4-8-3-2-6-12-10(8)11(9)13-17(14,15)16;13-6-8-4-3-7-2-1-5-11-9(7)10(8)12(14)15;11-9-8(6-13)4-3-7-2-1-5-12-10(7)9;1-3-6(2,4)5/h2-6,13H,7H2,1H3;1-6H;1-6H,11H2;3H,1H3. The van der Waals surface area contributed by atoms with Gasteiger partial charge in [-0.25, -0.2) is 9.71 Å². The number of nitrogen functional groups attached to an aromatic ring is 1. The van der Waals surface area contributed by atoms with Gasteiger partial charge >= 0.3 is 15.9 Å². The number of aldehydes is 2. The van der Waals surface area contributed by atoms with Crippen molar-refractivity contribution >= 4 is 92.5 Å². The van der Waals surface area contributed by atoms with Crippen LogP contribution in [0.2, 0.25) is 0 Å². The first-order valence-corrected chi connectivity index (χ1v) is 18.2. The third kappa shape index (κ3) is 9.32. The molecule has 3 aromatic heterocycles. The number of nitrogens with one attached hydrogen (secondary N) is 2. The number of carbonyl (C=O) groups excluding carboxylic acids is 2. The van der Waals surface area contributed by atoms with Crippen LogP contribution in [0, 0.1) is 10.1 Å². The Balaban J connectivity index is 0.000000160. The number of fused-ring (bicyclic) bond motifs is 5. The van der Waals surface area contributed by atoms with Crippen molar-refractivity contribution in [2.75, 3.05) is 24.6 Å². The number of rotatable bonds is 4. The molecule has 264 valence electrons. The van der Waals surface area contributed by atoms with E-state index in [0.29, 0.717) is 46.2 Å². The molecule has 4 heterocycles. The average molecular weight is 753 g/mol. The van der Waals surface area contributed by atoms with Gasteiger partial charge in [-0.2, -0.15) is 21.1 Å². The molecule has 51 heavy (non-hydrogen) atoms. The largest absolute Gasteiger partial charge is 0.396 e. The number of aromatic nitrogens is 3. The summed E-state index contributed by atoms with van der Waals surface area (Å²) in [5, 5.41) is 13.3. The second-order valence-electron chi connectivity index (χ2n) is 10.4. The van der Waals surface area contributed by atoms with E-state index in [1.807, 2.05) is 47.2 Å². The molecule has 6 aromatic rings. The quantitative estimate of drug-likeness (QED) is 0.0736. The molecule has 1 aliphatic heterocycles. The minimum atomic E-state index is -3.44. The summed E-state index contributed by atoms with van der Waals surface area (Å²) in [7, 11) is 0.504. The van der Waals surface area contributed by atoms with Gasteiger partial charge in [0.1, 0.15) is 5.52 Å². The molecule has 0 atom stereocenters. The Kier molecular flexibility index (Phi) is 12.2. The van der Waals surface area contributed by atoms with Gasteiger partial charge in [0.05, 0.1) is 32.9 Å². The Labute approximate surface area is 296 Å². The van der Waals surface area contributed by atoms with Gasteiger partial charge in [-0.3, -0.25) is 34.4 Å². The van der Waals surface area contributed by atoms with E-state index in [-0.39, 0.29) is 16.8 Å². The fraction of sp³-hybridized carbons (Fsp3) is 0.0938. The van der Waals surface area contributed by atoms with Crippen molar-refractivity contribution in [3.8, 4) is 0 Å². The van der Waals surface area contributed by atoms with E-state index >= 15 is 0 Å². The van der Waals surface area contributed by atoms with Gasteiger partial charge in [-0.15, -0.1) is 0 Å². The lowest BCUT2D eigenvalue weighted by molar-refractivity contribution is -0.383. The van der Waals surface area contributed by atoms with E-state index in [2.05, 4.69) is 30.4 Å². The Morgan fingerprint density at radius 1 is 0.863 bits per heavy atom. The zero-order chi connectivity index (χ0) is 37.3. The molecule has 0 amide bonds. The number of nitro groups is 1. The highest BCUT2D eigenvalue weighted by Gasteiger charge is 2.27. The second-order valence-corrected chi connectivity index (χ2v) is 14.7.